The maximum Gasteiger partial charge on any atom is 0.251 e. The maximum absolute atomic E-state index is 9.61. The monoisotopic (exact) mass is 254 g/mol. The molecule has 3 nitrogen and oxygen atoms in total. The van der Waals surface area contributed by atoms with Crippen LogP contribution in [0.2, 0.25) is 5.02 Å². The molecule has 2 aliphatic rings. The molecular weight excluding hydrogens is 240 g/mol. The van der Waals surface area contributed by atoms with Crippen molar-refractivity contribution in [2.24, 2.45) is 0 Å². The minimum Gasteiger partial charge on any atom is -0.448 e. The van der Waals surface area contributed by atoms with Crippen LogP contribution in [0, 0.1) is 0 Å². The second kappa shape index (κ2) is 3.79. The molecule has 0 amide bonds. The molecule has 1 heterocycles. The molecular formula is C13H15ClO3. The molecule has 3 rings (SSSR count). The van der Waals surface area contributed by atoms with Crippen LogP contribution in [0.3, 0.4) is 0 Å². The second-order valence-corrected chi connectivity index (χ2v) is 5.23. The van der Waals surface area contributed by atoms with Crippen molar-refractivity contribution < 1.29 is 14.6 Å². The standard InChI is InChI=1S/C13H15ClO3/c1-8(15)9-6-11-12(7-10(9)14)17-13(16-11)4-2-3-5-13/h6-8,15H,2-5H2,1H3. The highest BCUT2D eigenvalue weighted by Gasteiger charge is 2.44. The molecule has 1 aliphatic carbocycles. The van der Waals surface area contributed by atoms with Gasteiger partial charge in [-0.25, -0.2) is 0 Å². The largest absolute Gasteiger partial charge is 0.448 e. The van der Waals surface area contributed by atoms with Gasteiger partial charge in [0.1, 0.15) is 0 Å². The van der Waals surface area contributed by atoms with Crippen molar-refractivity contribution in [1.82, 2.24) is 0 Å². The van der Waals surface area contributed by atoms with Crippen molar-refractivity contribution in [2.75, 3.05) is 0 Å². The zero-order chi connectivity index (χ0) is 12.0. The molecule has 1 aromatic rings. The normalized spacial score (nSPS) is 22.1. The second-order valence-electron chi connectivity index (χ2n) is 4.82. The van der Waals surface area contributed by atoms with Crippen LogP contribution < -0.4 is 9.47 Å². The fourth-order valence-corrected chi connectivity index (χ4v) is 2.88. The minimum atomic E-state index is -0.600. The molecule has 1 aromatic carbocycles. The zero-order valence-electron chi connectivity index (χ0n) is 9.70. The van der Waals surface area contributed by atoms with E-state index < -0.39 is 11.9 Å². The van der Waals surface area contributed by atoms with E-state index in [4.69, 9.17) is 21.1 Å². The van der Waals surface area contributed by atoms with Gasteiger partial charge in [0, 0.05) is 24.5 Å². The zero-order valence-corrected chi connectivity index (χ0v) is 10.5. The lowest BCUT2D eigenvalue weighted by Gasteiger charge is -2.21. The fraction of sp³-hybridized carbons (Fsp3) is 0.538. The van der Waals surface area contributed by atoms with Gasteiger partial charge in [-0.3, -0.25) is 0 Å². The number of ether oxygens (including phenoxy) is 2. The minimum absolute atomic E-state index is 0.469. The molecule has 1 fully saturated rings. The third-order valence-corrected chi connectivity index (χ3v) is 3.80. The van der Waals surface area contributed by atoms with E-state index in [-0.39, 0.29) is 0 Å². The predicted octanol–water partition coefficient (Wildman–Crippen LogP) is 3.43. The molecule has 1 N–H and O–H groups in total. The van der Waals surface area contributed by atoms with Crippen LogP contribution in [0.1, 0.15) is 44.3 Å². The van der Waals surface area contributed by atoms with Gasteiger partial charge in [0.15, 0.2) is 11.5 Å². The lowest BCUT2D eigenvalue weighted by molar-refractivity contribution is -0.0716. The van der Waals surface area contributed by atoms with Crippen molar-refractivity contribution >= 4 is 11.6 Å². The van der Waals surface area contributed by atoms with E-state index in [1.165, 1.54) is 0 Å². The van der Waals surface area contributed by atoms with Crippen molar-refractivity contribution in [3.8, 4) is 11.5 Å². The van der Waals surface area contributed by atoms with Gasteiger partial charge in [-0.2, -0.15) is 0 Å². The van der Waals surface area contributed by atoms with E-state index >= 15 is 0 Å². The van der Waals surface area contributed by atoms with E-state index in [1.807, 2.05) is 0 Å². The van der Waals surface area contributed by atoms with Crippen molar-refractivity contribution in [3.63, 3.8) is 0 Å². The fourth-order valence-electron chi connectivity index (χ4n) is 2.57. The Balaban J connectivity index is 1.97. The number of hydrogen-bond acceptors (Lipinski definition) is 3. The van der Waals surface area contributed by atoms with Crippen LogP contribution in [0.5, 0.6) is 11.5 Å². The molecule has 4 heteroatoms. The lowest BCUT2D eigenvalue weighted by Crippen LogP contribution is -2.34. The van der Waals surface area contributed by atoms with Crippen LogP contribution in [0.4, 0.5) is 0 Å². The summed E-state index contributed by atoms with van der Waals surface area (Å²) in [5.74, 6) is 0.927. The summed E-state index contributed by atoms with van der Waals surface area (Å²) in [5.41, 5.74) is 0.684. The number of aliphatic hydroxyl groups is 1. The first kappa shape index (κ1) is 11.2. The summed E-state index contributed by atoms with van der Waals surface area (Å²) in [7, 11) is 0. The highest BCUT2D eigenvalue weighted by Crippen LogP contribution is 2.48. The summed E-state index contributed by atoms with van der Waals surface area (Å²) >= 11 is 6.10. The average molecular weight is 255 g/mol. The maximum atomic E-state index is 9.61. The van der Waals surface area contributed by atoms with E-state index in [0.29, 0.717) is 22.1 Å². The number of benzene rings is 1. The van der Waals surface area contributed by atoms with Gasteiger partial charge in [0.2, 0.25) is 0 Å². The number of halogens is 1. The van der Waals surface area contributed by atoms with E-state index in [0.717, 1.165) is 25.7 Å². The number of fused-ring (bicyclic) bond motifs is 1. The third kappa shape index (κ3) is 1.78. The Morgan fingerprint density at radius 2 is 1.82 bits per heavy atom. The SMILES string of the molecule is CC(O)c1cc2c(cc1Cl)OC1(CCCC1)O2. The van der Waals surface area contributed by atoms with Gasteiger partial charge in [0.05, 0.1) is 11.1 Å². The molecule has 1 spiro atoms. The third-order valence-electron chi connectivity index (χ3n) is 3.47. The molecule has 1 aliphatic heterocycles. The number of aliphatic hydroxyl groups excluding tert-OH is 1. The molecule has 1 atom stereocenters. The summed E-state index contributed by atoms with van der Waals surface area (Å²) in [4.78, 5) is 0. The smallest absolute Gasteiger partial charge is 0.251 e. The number of rotatable bonds is 1. The Hall–Kier alpha value is -0.930. The molecule has 92 valence electrons. The van der Waals surface area contributed by atoms with E-state index in [9.17, 15) is 5.11 Å². The number of hydrogen-bond donors (Lipinski definition) is 1. The summed E-state index contributed by atoms with van der Waals surface area (Å²) in [6, 6.07) is 3.53. The molecule has 0 radical (unpaired) electrons. The molecule has 0 saturated heterocycles. The Labute approximate surface area is 105 Å². The van der Waals surface area contributed by atoms with Crippen LogP contribution in [0.15, 0.2) is 12.1 Å². The molecule has 17 heavy (non-hydrogen) atoms. The van der Waals surface area contributed by atoms with E-state index in [1.54, 1.807) is 19.1 Å². The Morgan fingerprint density at radius 3 is 2.41 bits per heavy atom. The van der Waals surface area contributed by atoms with Crippen LogP contribution in [-0.4, -0.2) is 10.9 Å². The summed E-state index contributed by atoms with van der Waals surface area (Å²) < 4.78 is 11.8. The van der Waals surface area contributed by atoms with Crippen molar-refractivity contribution in [1.29, 1.82) is 0 Å². The van der Waals surface area contributed by atoms with E-state index in [2.05, 4.69) is 0 Å². The van der Waals surface area contributed by atoms with Crippen molar-refractivity contribution in [2.45, 2.75) is 44.5 Å². The first-order valence-electron chi connectivity index (χ1n) is 5.99. The first-order chi connectivity index (χ1) is 8.10. The summed E-state index contributed by atoms with van der Waals surface area (Å²) in [6.45, 7) is 1.69. The predicted molar refractivity (Wildman–Crippen MR) is 64.5 cm³/mol. The summed E-state index contributed by atoms with van der Waals surface area (Å²) in [6.07, 6.45) is 3.50. The first-order valence-corrected chi connectivity index (χ1v) is 6.37. The molecule has 0 bridgehead atoms. The van der Waals surface area contributed by atoms with Crippen LogP contribution in [0.25, 0.3) is 0 Å². The van der Waals surface area contributed by atoms with Gasteiger partial charge < -0.3 is 14.6 Å². The highest BCUT2D eigenvalue weighted by atomic mass is 35.5. The summed E-state index contributed by atoms with van der Waals surface area (Å²) in [5, 5.41) is 10.1. The van der Waals surface area contributed by atoms with Gasteiger partial charge in [-0.15, -0.1) is 0 Å². The van der Waals surface area contributed by atoms with Gasteiger partial charge in [0.25, 0.3) is 5.79 Å². The van der Waals surface area contributed by atoms with Crippen LogP contribution in [-0.2, 0) is 0 Å². The quantitative estimate of drug-likeness (QED) is 0.834. The Kier molecular flexibility index (Phi) is 2.49. The van der Waals surface area contributed by atoms with Crippen LogP contribution >= 0.6 is 11.6 Å². The molecule has 0 aromatic heterocycles. The Bertz CT molecular complexity index is 450. The highest BCUT2D eigenvalue weighted by molar-refractivity contribution is 6.31. The molecule has 1 saturated carbocycles. The molecule has 1 unspecified atom stereocenters. The van der Waals surface area contributed by atoms with Gasteiger partial charge in [-0.1, -0.05) is 11.6 Å². The van der Waals surface area contributed by atoms with Gasteiger partial charge in [-0.05, 0) is 25.8 Å². The lowest BCUT2D eigenvalue weighted by atomic mass is 10.1. The topological polar surface area (TPSA) is 38.7 Å². The average Bonchev–Trinajstić information content (AvgIpc) is 2.84. The van der Waals surface area contributed by atoms with Gasteiger partial charge >= 0.3 is 0 Å². The Morgan fingerprint density at radius 1 is 1.24 bits per heavy atom. The van der Waals surface area contributed by atoms with Crippen molar-refractivity contribution in [3.05, 3.63) is 22.7 Å².